The van der Waals surface area contributed by atoms with Gasteiger partial charge < -0.3 is 15.2 Å². The zero-order valence-corrected chi connectivity index (χ0v) is 16.2. The lowest BCUT2D eigenvalue weighted by atomic mass is 9.72. The number of phenols is 1. The molecule has 2 aliphatic rings. The molecule has 1 aliphatic carbocycles. The molecule has 1 aromatic rings. The number of carbonyl (C=O) groups excluding carboxylic acids is 1. The van der Waals surface area contributed by atoms with Gasteiger partial charge in [0, 0.05) is 35.7 Å². The Morgan fingerprint density at radius 3 is 2.28 bits per heavy atom. The SMILES string of the molecule is CC(=O)NCc1c2c(c(C(C)C)c(O)c1C(C)C)CCC1(CCC1)O2. The van der Waals surface area contributed by atoms with Crippen molar-refractivity contribution < 1.29 is 14.6 Å². The summed E-state index contributed by atoms with van der Waals surface area (Å²) in [5.74, 6) is 1.67. The number of hydrogen-bond acceptors (Lipinski definition) is 3. The molecule has 1 amide bonds. The Morgan fingerprint density at radius 1 is 1.16 bits per heavy atom. The fourth-order valence-corrected chi connectivity index (χ4v) is 4.40. The zero-order chi connectivity index (χ0) is 18.4. The summed E-state index contributed by atoms with van der Waals surface area (Å²) in [5.41, 5.74) is 4.05. The van der Waals surface area contributed by atoms with Crippen molar-refractivity contribution in [1.29, 1.82) is 0 Å². The molecule has 1 heterocycles. The van der Waals surface area contributed by atoms with Crippen LogP contribution in [0.25, 0.3) is 0 Å². The standard InChI is InChI=1S/C21H31NO3/c1-12(2)17-15-7-10-21(8-6-9-21)25-20(15)16(11-22-14(5)23)18(13(3)4)19(17)24/h12-13,24H,6-11H2,1-5H3,(H,22,23). The molecule has 4 heteroatoms. The maximum absolute atomic E-state index is 11.5. The van der Waals surface area contributed by atoms with Crippen molar-refractivity contribution in [1.82, 2.24) is 5.32 Å². The fourth-order valence-electron chi connectivity index (χ4n) is 4.40. The Bertz CT molecular complexity index is 687. The van der Waals surface area contributed by atoms with Gasteiger partial charge in [0.05, 0.1) is 0 Å². The minimum atomic E-state index is -0.0648. The molecule has 0 aromatic heterocycles. The van der Waals surface area contributed by atoms with Gasteiger partial charge >= 0.3 is 0 Å². The summed E-state index contributed by atoms with van der Waals surface area (Å²) in [6, 6.07) is 0. The van der Waals surface area contributed by atoms with Gasteiger partial charge in [0.2, 0.25) is 5.91 Å². The minimum absolute atomic E-state index is 0.0164. The zero-order valence-electron chi connectivity index (χ0n) is 16.2. The van der Waals surface area contributed by atoms with Gasteiger partial charge in [0.15, 0.2) is 0 Å². The van der Waals surface area contributed by atoms with Crippen molar-refractivity contribution >= 4 is 5.91 Å². The lowest BCUT2D eigenvalue weighted by Gasteiger charge is -2.47. The molecule has 1 aromatic carbocycles. The molecular weight excluding hydrogens is 314 g/mol. The summed E-state index contributed by atoms with van der Waals surface area (Å²) in [7, 11) is 0. The Hall–Kier alpha value is -1.71. The molecule has 3 rings (SSSR count). The van der Waals surface area contributed by atoms with Crippen LogP contribution in [0, 0.1) is 0 Å². The molecule has 25 heavy (non-hydrogen) atoms. The van der Waals surface area contributed by atoms with E-state index in [1.807, 2.05) is 0 Å². The van der Waals surface area contributed by atoms with E-state index in [0.717, 1.165) is 53.7 Å². The van der Waals surface area contributed by atoms with E-state index in [9.17, 15) is 9.90 Å². The summed E-state index contributed by atoms with van der Waals surface area (Å²) in [4.78, 5) is 11.5. The van der Waals surface area contributed by atoms with E-state index in [1.54, 1.807) is 0 Å². The van der Waals surface area contributed by atoms with Crippen LogP contribution < -0.4 is 10.1 Å². The second kappa shape index (κ2) is 6.54. The number of fused-ring (bicyclic) bond motifs is 1. The maximum Gasteiger partial charge on any atom is 0.217 e. The normalized spacial score (nSPS) is 18.0. The first-order chi connectivity index (χ1) is 11.8. The van der Waals surface area contributed by atoms with Crippen molar-refractivity contribution in [2.45, 2.75) is 90.7 Å². The Balaban J connectivity index is 2.19. The number of nitrogens with one attached hydrogen (secondary N) is 1. The van der Waals surface area contributed by atoms with E-state index in [-0.39, 0.29) is 23.3 Å². The summed E-state index contributed by atoms with van der Waals surface area (Å²) < 4.78 is 6.59. The van der Waals surface area contributed by atoms with Gasteiger partial charge in [0.25, 0.3) is 0 Å². The molecule has 0 unspecified atom stereocenters. The second-order valence-electron chi connectivity index (χ2n) is 8.32. The summed E-state index contributed by atoms with van der Waals surface area (Å²) in [6.45, 7) is 10.4. The van der Waals surface area contributed by atoms with Crippen LogP contribution in [0.3, 0.4) is 0 Å². The highest BCUT2D eigenvalue weighted by Crippen LogP contribution is 2.52. The third-order valence-electron chi connectivity index (χ3n) is 5.79. The van der Waals surface area contributed by atoms with Crippen LogP contribution >= 0.6 is 0 Å². The topological polar surface area (TPSA) is 58.6 Å². The Labute approximate surface area is 151 Å². The first-order valence-corrected chi connectivity index (χ1v) is 9.59. The minimum Gasteiger partial charge on any atom is -0.507 e. The first kappa shape index (κ1) is 18.1. The van der Waals surface area contributed by atoms with Gasteiger partial charge in [-0.3, -0.25) is 4.79 Å². The number of carbonyl (C=O) groups is 1. The van der Waals surface area contributed by atoms with Crippen molar-refractivity contribution in [2.24, 2.45) is 0 Å². The van der Waals surface area contributed by atoms with Crippen LogP contribution in [0.2, 0.25) is 0 Å². The van der Waals surface area contributed by atoms with E-state index in [0.29, 0.717) is 12.3 Å². The maximum atomic E-state index is 11.5. The average Bonchev–Trinajstić information content (AvgIpc) is 2.49. The molecule has 1 spiro atoms. The quantitative estimate of drug-likeness (QED) is 0.843. The van der Waals surface area contributed by atoms with Gasteiger partial charge in [-0.2, -0.15) is 0 Å². The molecule has 1 saturated carbocycles. The number of rotatable bonds is 4. The highest BCUT2D eigenvalue weighted by molar-refractivity contribution is 5.73. The monoisotopic (exact) mass is 345 g/mol. The molecule has 1 fully saturated rings. The lowest BCUT2D eigenvalue weighted by molar-refractivity contribution is -0.119. The summed E-state index contributed by atoms with van der Waals surface area (Å²) in [6.07, 6.45) is 5.42. The first-order valence-electron chi connectivity index (χ1n) is 9.59. The van der Waals surface area contributed by atoms with Crippen LogP contribution in [0.15, 0.2) is 0 Å². The van der Waals surface area contributed by atoms with Crippen molar-refractivity contribution in [3.63, 3.8) is 0 Å². The largest absolute Gasteiger partial charge is 0.507 e. The number of phenolic OH excluding ortho intramolecular Hbond substituents is 1. The lowest BCUT2D eigenvalue weighted by Crippen LogP contribution is -2.46. The Kier molecular flexibility index (Phi) is 4.74. The third kappa shape index (κ3) is 3.11. The summed E-state index contributed by atoms with van der Waals surface area (Å²) >= 11 is 0. The molecule has 0 bridgehead atoms. The van der Waals surface area contributed by atoms with Crippen molar-refractivity contribution in [3.8, 4) is 11.5 Å². The van der Waals surface area contributed by atoms with Gasteiger partial charge in [-0.05, 0) is 43.9 Å². The molecular formula is C21H31NO3. The van der Waals surface area contributed by atoms with Crippen molar-refractivity contribution in [3.05, 3.63) is 22.3 Å². The van der Waals surface area contributed by atoms with E-state index < -0.39 is 0 Å². The van der Waals surface area contributed by atoms with E-state index >= 15 is 0 Å². The molecule has 138 valence electrons. The number of hydrogen-bond donors (Lipinski definition) is 2. The van der Waals surface area contributed by atoms with Gasteiger partial charge in [-0.15, -0.1) is 0 Å². The number of ether oxygens (including phenoxy) is 1. The predicted molar refractivity (Wildman–Crippen MR) is 99.3 cm³/mol. The summed E-state index contributed by atoms with van der Waals surface area (Å²) in [5, 5.41) is 14.0. The number of benzene rings is 1. The van der Waals surface area contributed by atoms with Gasteiger partial charge in [-0.1, -0.05) is 27.7 Å². The van der Waals surface area contributed by atoms with Crippen LogP contribution in [0.4, 0.5) is 0 Å². The molecule has 1 aliphatic heterocycles. The highest BCUT2D eigenvalue weighted by atomic mass is 16.5. The molecule has 4 nitrogen and oxygen atoms in total. The second-order valence-corrected chi connectivity index (χ2v) is 8.32. The predicted octanol–water partition coefficient (Wildman–Crippen LogP) is 4.52. The average molecular weight is 345 g/mol. The molecule has 2 N–H and O–H groups in total. The fraction of sp³-hybridized carbons (Fsp3) is 0.667. The molecule has 0 atom stereocenters. The molecule has 0 radical (unpaired) electrons. The van der Waals surface area contributed by atoms with Crippen LogP contribution in [-0.4, -0.2) is 16.6 Å². The van der Waals surface area contributed by atoms with Crippen LogP contribution in [0.1, 0.15) is 94.4 Å². The smallest absolute Gasteiger partial charge is 0.217 e. The van der Waals surface area contributed by atoms with Crippen LogP contribution in [0.5, 0.6) is 11.5 Å². The Morgan fingerprint density at radius 2 is 1.80 bits per heavy atom. The third-order valence-corrected chi connectivity index (χ3v) is 5.79. The van der Waals surface area contributed by atoms with Crippen LogP contribution in [-0.2, 0) is 17.8 Å². The van der Waals surface area contributed by atoms with E-state index in [1.165, 1.54) is 13.3 Å². The number of amides is 1. The van der Waals surface area contributed by atoms with Gasteiger partial charge in [0.1, 0.15) is 17.1 Å². The van der Waals surface area contributed by atoms with E-state index in [4.69, 9.17) is 4.74 Å². The van der Waals surface area contributed by atoms with Gasteiger partial charge in [-0.25, -0.2) is 0 Å². The van der Waals surface area contributed by atoms with Crippen molar-refractivity contribution in [2.75, 3.05) is 0 Å². The molecule has 0 saturated heterocycles. The number of aromatic hydroxyl groups is 1. The van der Waals surface area contributed by atoms with E-state index in [2.05, 4.69) is 33.0 Å². The highest BCUT2D eigenvalue weighted by Gasteiger charge is 2.44.